The molecule has 106 valence electrons. The van der Waals surface area contributed by atoms with Gasteiger partial charge in [-0.1, -0.05) is 0 Å². The van der Waals surface area contributed by atoms with Gasteiger partial charge in [0.15, 0.2) is 0 Å². The number of nitrogens with zero attached hydrogens (tertiary/aromatic N) is 2. The van der Waals surface area contributed by atoms with Gasteiger partial charge in [0.2, 0.25) is 5.88 Å². The number of rotatable bonds is 4. The summed E-state index contributed by atoms with van der Waals surface area (Å²) < 4.78 is 11.4. The highest BCUT2D eigenvalue weighted by atomic mass is 16.5. The lowest BCUT2D eigenvalue weighted by atomic mass is 9.94. The maximum atomic E-state index is 6.06. The predicted molar refractivity (Wildman–Crippen MR) is 74.5 cm³/mol. The SMILES string of the molecule is CCOc1cncc(NC2CC(C)(C)OC2(C)C)n1. The van der Waals surface area contributed by atoms with Crippen molar-refractivity contribution < 1.29 is 9.47 Å². The molecule has 1 unspecified atom stereocenters. The fourth-order valence-electron chi connectivity index (χ4n) is 2.60. The summed E-state index contributed by atoms with van der Waals surface area (Å²) in [7, 11) is 0. The molecule has 5 nitrogen and oxygen atoms in total. The minimum atomic E-state index is -0.229. The Morgan fingerprint density at radius 3 is 2.68 bits per heavy atom. The number of hydrogen-bond donors (Lipinski definition) is 1. The molecule has 0 spiro atoms. The van der Waals surface area contributed by atoms with Crippen LogP contribution in [0.5, 0.6) is 5.88 Å². The lowest BCUT2D eigenvalue weighted by Gasteiger charge is -2.28. The summed E-state index contributed by atoms with van der Waals surface area (Å²) in [5.74, 6) is 1.27. The highest BCUT2D eigenvalue weighted by Crippen LogP contribution is 2.38. The van der Waals surface area contributed by atoms with E-state index in [1.165, 1.54) is 0 Å². The molecule has 1 atom stereocenters. The van der Waals surface area contributed by atoms with Crippen LogP contribution in [0.3, 0.4) is 0 Å². The number of hydrogen-bond acceptors (Lipinski definition) is 5. The van der Waals surface area contributed by atoms with Gasteiger partial charge in [0.1, 0.15) is 5.82 Å². The monoisotopic (exact) mass is 265 g/mol. The summed E-state index contributed by atoms with van der Waals surface area (Å²) >= 11 is 0. The standard InChI is InChI=1S/C14H23N3O2/c1-6-18-12-9-15-8-11(17-12)16-10-7-13(2,3)19-14(10,4)5/h8-10H,6-7H2,1-5H3,(H,16,17). The molecule has 1 aliphatic rings. The molecule has 1 fully saturated rings. The molecule has 1 N–H and O–H groups in total. The van der Waals surface area contributed by atoms with E-state index in [1.54, 1.807) is 12.4 Å². The smallest absolute Gasteiger partial charge is 0.234 e. The van der Waals surface area contributed by atoms with Crippen LogP contribution in [0.25, 0.3) is 0 Å². The van der Waals surface area contributed by atoms with Crippen LogP contribution in [0.2, 0.25) is 0 Å². The van der Waals surface area contributed by atoms with Gasteiger partial charge in [0.05, 0.1) is 36.2 Å². The van der Waals surface area contributed by atoms with Crippen molar-refractivity contribution in [2.24, 2.45) is 0 Å². The van der Waals surface area contributed by atoms with Gasteiger partial charge in [0, 0.05) is 0 Å². The molecule has 0 radical (unpaired) electrons. The maximum Gasteiger partial charge on any atom is 0.234 e. The van der Waals surface area contributed by atoms with Crippen molar-refractivity contribution >= 4 is 5.82 Å². The lowest BCUT2D eigenvalue weighted by Crippen LogP contribution is -2.38. The highest BCUT2D eigenvalue weighted by Gasteiger charge is 2.45. The average molecular weight is 265 g/mol. The summed E-state index contributed by atoms with van der Waals surface area (Å²) in [6.45, 7) is 10.9. The van der Waals surface area contributed by atoms with E-state index in [4.69, 9.17) is 9.47 Å². The molecule has 2 heterocycles. The molecule has 1 aromatic rings. The summed E-state index contributed by atoms with van der Waals surface area (Å²) in [5.41, 5.74) is -0.348. The van der Waals surface area contributed by atoms with Crippen LogP contribution >= 0.6 is 0 Å². The Balaban J connectivity index is 2.11. The first-order valence-electron chi connectivity index (χ1n) is 6.74. The molecule has 0 saturated carbocycles. The van der Waals surface area contributed by atoms with Gasteiger partial charge in [-0.15, -0.1) is 0 Å². The highest BCUT2D eigenvalue weighted by molar-refractivity contribution is 5.36. The van der Waals surface area contributed by atoms with Gasteiger partial charge in [-0.3, -0.25) is 4.98 Å². The van der Waals surface area contributed by atoms with Crippen molar-refractivity contribution in [2.45, 2.75) is 58.3 Å². The average Bonchev–Trinajstić information content (AvgIpc) is 2.47. The lowest BCUT2D eigenvalue weighted by molar-refractivity contribution is -0.0662. The molecule has 5 heteroatoms. The van der Waals surface area contributed by atoms with Gasteiger partial charge in [0.25, 0.3) is 0 Å². The van der Waals surface area contributed by atoms with E-state index in [9.17, 15) is 0 Å². The molecule has 1 saturated heterocycles. The van der Waals surface area contributed by atoms with Gasteiger partial charge in [-0.25, -0.2) is 0 Å². The first-order valence-corrected chi connectivity index (χ1v) is 6.74. The van der Waals surface area contributed by atoms with Crippen LogP contribution < -0.4 is 10.1 Å². The summed E-state index contributed by atoms with van der Waals surface area (Å²) in [6, 6.07) is 0.202. The minimum absolute atomic E-state index is 0.119. The molecule has 2 rings (SSSR count). The van der Waals surface area contributed by atoms with Gasteiger partial charge >= 0.3 is 0 Å². The van der Waals surface area contributed by atoms with Crippen molar-refractivity contribution in [1.29, 1.82) is 0 Å². The third-order valence-corrected chi connectivity index (χ3v) is 3.30. The second-order valence-electron chi connectivity index (χ2n) is 6.04. The quantitative estimate of drug-likeness (QED) is 0.907. The molecule has 0 aliphatic carbocycles. The Bertz CT molecular complexity index is 446. The number of ether oxygens (including phenoxy) is 2. The third-order valence-electron chi connectivity index (χ3n) is 3.30. The van der Waals surface area contributed by atoms with E-state index >= 15 is 0 Å². The molecular formula is C14H23N3O2. The van der Waals surface area contributed by atoms with Gasteiger partial charge in [-0.2, -0.15) is 4.98 Å². The van der Waals surface area contributed by atoms with E-state index < -0.39 is 0 Å². The van der Waals surface area contributed by atoms with Crippen molar-refractivity contribution in [3.8, 4) is 5.88 Å². The molecule has 19 heavy (non-hydrogen) atoms. The Morgan fingerprint density at radius 2 is 2.11 bits per heavy atom. The van der Waals surface area contributed by atoms with Gasteiger partial charge < -0.3 is 14.8 Å². The van der Waals surface area contributed by atoms with Gasteiger partial charge in [-0.05, 0) is 41.0 Å². The largest absolute Gasteiger partial charge is 0.477 e. The van der Waals surface area contributed by atoms with Crippen molar-refractivity contribution in [3.05, 3.63) is 12.4 Å². The number of anilines is 1. The second-order valence-corrected chi connectivity index (χ2v) is 6.04. The van der Waals surface area contributed by atoms with Crippen LogP contribution in [-0.2, 0) is 4.74 Å². The zero-order chi connectivity index (χ0) is 14.1. The third kappa shape index (κ3) is 3.35. The summed E-state index contributed by atoms with van der Waals surface area (Å²) in [4.78, 5) is 8.53. The van der Waals surface area contributed by atoms with Crippen molar-refractivity contribution in [1.82, 2.24) is 9.97 Å². The zero-order valence-electron chi connectivity index (χ0n) is 12.4. The Kier molecular flexibility index (Phi) is 3.67. The first kappa shape index (κ1) is 14.1. The Hall–Kier alpha value is -1.36. The molecule has 1 aliphatic heterocycles. The molecular weight excluding hydrogens is 242 g/mol. The first-order chi connectivity index (χ1) is 8.82. The minimum Gasteiger partial charge on any atom is -0.477 e. The Morgan fingerprint density at radius 1 is 1.37 bits per heavy atom. The topological polar surface area (TPSA) is 56.3 Å². The zero-order valence-corrected chi connectivity index (χ0v) is 12.4. The van der Waals surface area contributed by atoms with Crippen molar-refractivity contribution in [3.63, 3.8) is 0 Å². The van der Waals surface area contributed by atoms with E-state index in [-0.39, 0.29) is 17.2 Å². The maximum absolute atomic E-state index is 6.06. The van der Waals surface area contributed by atoms with E-state index in [0.29, 0.717) is 12.5 Å². The predicted octanol–water partition coefficient (Wildman–Crippen LogP) is 2.63. The van der Waals surface area contributed by atoms with Crippen LogP contribution in [0, 0.1) is 0 Å². The number of nitrogens with one attached hydrogen (secondary N) is 1. The van der Waals surface area contributed by atoms with E-state index in [2.05, 4.69) is 43.0 Å². The molecule has 0 amide bonds. The fraction of sp³-hybridized carbons (Fsp3) is 0.714. The van der Waals surface area contributed by atoms with E-state index in [1.807, 2.05) is 6.92 Å². The van der Waals surface area contributed by atoms with Crippen molar-refractivity contribution in [2.75, 3.05) is 11.9 Å². The van der Waals surface area contributed by atoms with Crippen LogP contribution in [0.15, 0.2) is 12.4 Å². The summed E-state index contributed by atoms with van der Waals surface area (Å²) in [5, 5.41) is 3.41. The molecule has 0 aromatic carbocycles. The second kappa shape index (κ2) is 4.96. The fourth-order valence-corrected chi connectivity index (χ4v) is 2.60. The van der Waals surface area contributed by atoms with Crippen LogP contribution in [0.4, 0.5) is 5.82 Å². The van der Waals surface area contributed by atoms with Crippen LogP contribution in [-0.4, -0.2) is 33.8 Å². The Labute approximate surface area is 114 Å². The summed E-state index contributed by atoms with van der Waals surface area (Å²) in [6.07, 6.45) is 4.26. The molecule has 1 aromatic heterocycles. The normalized spacial score (nSPS) is 24.2. The number of aromatic nitrogens is 2. The molecule has 0 bridgehead atoms. The van der Waals surface area contributed by atoms with Crippen LogP contribution in [0.1, 0.15) is 41.0 Å². The van der Waals surface area contributed by atoms with E-state index in [0.717, 1.165) is 12.2 Å².